The van der Waals surface area contributed by atoms with Crippen molar-refractivity contribution in [1.29, 1.82) is 0 Å². The summed E-state index contributed by atoms with van der Waals surface area (Å²) in [4.78, 5) is 26.4. The Morgan fingerprint density at radius 2 is 1.91 bits per heavy atom. The van der Waals surface area contributed by atoms with E-state index in [2.05, 4.69) is 5.32 Å². The number of nitrogens with zero attached hydrogens (tertiary/aromatic N) is 1. The average Bonchev–Trinajstić information content (AvgIpc) is 2.57. The van der Waals surface area contributed by atoms with Gasteiger partial charge in [0.15, 0.2) is 11.9 Å². The molecular formula is C18H18N2O3. The van der Waals surface area contributed by atoms with Gasteiger partial charge in [0.05, 0.1) is 11.3 Å². The van der Waals surface area contributed by atoms with Crippen LogP contribution in [-0.2, 0) is 4.79 Å². The van der Waals surface area contributed by atoms with Crippen molar-refractivity contribution in [1.82, 2.24) is 0 Å². The molecule has 2 aromatic carbocycles. The van der Waals surface area contributed by atoms with Crippen LogP contribution >= 0.6 is 0 Å². The molecule has 0 aromatic heterocycles. The highest BCUT2D eigenvalue weighted by molar-refractivity contribution is 6.10. The topological polar surface area (TPSA) is 58.6 Å². The number of carbonyl (C=O) groups excluding carboxylic acids is 2. The first-order valence-corrected chi connectivity index (χ1v) is 7.59. The average molecular weight is 310 g/mol. The molecule has 2 aromatic rings. The second-order valence-electron chi connectivity index (χ2n) is 5.32. The maximum Gasteiger partial charge on any atom is 0.265 e. The SMILES string of the molecule is CCN(C(=O)c1cccc2c1OC(C)C(=O)N2)c1ccccc1. The van der Waals surface area contributed by atoms with Crippen LogP contribution in [0.3, 0.4) is 0 Å². The van der Waals surface area contributed by atoms with E-state index in [1.807, 2.05) is 37.3 Å². The smallest absolute Gasteiger partial charge is 0.265 e. The third-order valence-corrected chi connectivity index (χ3v) is 3.80. The zero-order valence-corrected chi connectivity index (χ0v) is 13.1. The molecule has 0 radical (unpaired) electrons. The molecule has 1 atom stereocenters. The zero-order chi connectivity index (χ0) is 16.4. The van der Waals surface area contributed by atoms with Crippen LogP contribution in [0.4, 0.5) is 11.4 Å². The summed E-state index contributed by atoms with van der Waals surface area (Å²) in [5, 5.41) is 2.77. The molecule has 0 aliphatic carbocycles. The molecule has 0 saturated heterocycles. The minimum atomic E-state index is -0.622. The largest absolute Gasteiger partial charge is 0.478 e. The molecule has 5 heteroatoms. The Bertz CT molecular complexity index is 743. The molecule has 0 bridgehead atoms. The Balaban J connectivity index is 2.00. The van der Waals surface area contributed by atoms with Gasteiger partial charge in [-0.25, -0.2) is 0 Å². The first-order valence-electron chi connectivity index (χ1n) is 7.59. The van der Waals surface area contributed by atoms with Crippen molar-refractivity contribution in [3.8, 4) is 5.75 Å². The predicted octanol–water partition coefficient (Wildman–Crippen LogP) is 3.07. The molecule has 5 nitrogen and oxygen atoms in total. The van der Waals surface area contributed by atoms with Crippen LogP contribution in [0.2, 0.25) is 0 Å². The molecule has 0 spiro atoms. The Kier molecular flexibility index (Phi) is 4.02. The number of carbonyl (C=O) groups is 2. The molecule has 23 heavy (non-hydrogen) atoms. The van der Waals surface area contributed by atoms with E-state index in [1.165, 1.54) is 0 Å². The Labute approximate surface area is 134 Å². The number of ether oxygens (including phenoxy) is 1. The van der Waals surface area contributed by atoms with Gasteiger partial charge in [0.25, 0.3) is 11.8 Å². The van der Waals surface area contributed by atoms with E-state index in [0.29, 0.717) is 23.5 Å². The van der Waals surface area contributed by atoms with E-state index in [-0.39, 0.29) is 11.8 Å². The van der Waals surface area contributed by atoms with Crippen molar-refractivity contribution in [3.05, 3.63) is 54.1 Å². The second-order valence-corrected chi connectivity index (χ2v) is 5.32. The summed E-state index contributed by atoms with van der Waals surface area (Å²) in [5.41, 5.74) is 1.80. The summed E-state index contributed by atoms with van der Waals surface area (Å²) in [7, 11) is 0. The summed E-state index contributed by atoms with van der Waals surface area (Å²) in [6.07, 6.45) is -0.622. The van der Waals surface area contributed by atoms with Gasteiger partial charge in [-0.1, -0.05) is 24.3 Å². The highest BCUT2D eigenvalue weighted by Gasteiger charge is 2.29. The lowest BCUT2D eigenvalue weighted by molar-refractivity contribution is -0.122. The van der Waals surface area contributed by atoms with Gasteiger partial charge in [0.1, 0.15) is 0 Å². The monoisotopic (exact) mass is 310 g/mol. The van der Waals surface area contributed by atoms with E-state index in [0.717, 1.165) is 5.69 Å². The van der Waals surface area contributed by atoms with Crippen LogP contribution in [-0.4, -0.2) is 24.5 Å². The Morgan fingerprint density at radius 3 is 2.61 bits per heavy atom. The second kappa shape index (κ2) is 6.12. The molecular weight excluding hydrogens is 292 g/mol. The number of fused-ring (bicyclic) bond motifs is 1. The van der Waals surface area contributed by atoms with Gasteiger partial charge in [-0.15, -0.1) is 0 Å². The Morgan fingerprint density at radius 1 is 1.17 bits per heavy atom. The molecule has 1 aliphatic rings. The maximum absolute atomic E-state index is 13.0. The zero-order valence-electron chi connectivity index (χ0n) is 13.1. The molecule has 1 aliphatic heterocycles. The summed E-state index contributed by atoms with van der Waals surface area (Å²) < 4.78 is 5.67. The normalized spacial score (nSPS) is 16.1. The van der Waals surface area contributed by atoms with Crippen molar-refractivity contribution in [3.63, 3.8) is 0 Å². The van der Waals surface area contributed by atoms with Crippen LogP contribution in [0.1, 0.15) is 24.2 Å². The third kappa shape index (κ3) is 2.77. The first-order chi connectivity index (χ1) is 11.1. The molecule has 118 valence electrons. The van der Waals surface area contributed by atoms with Crippen molar-refractivity contribution in [2.24, 2.45) is 0 Å². The van der Waals surface area contributed by atoms with Gasteiger partial charge in [-0.05, 0) is 38.1 Å². The maximum atomic E-state index is 13.0. The van der Waals surface area contributed by atoms with Crippen LogP contribution < -0.4 is 15.0 Å². The Hall–Kier alpha value is -2.82. The van der Waals surface area contributed by atoms with Crippen molar-refractivity contribution < 1.29 is 14.3 Å². The van der Waals surface area contributed by atoms with Gasteiger partial charge in [-0.2, -0.15) is 0 Å². The molecule has 0 saturated carbocycles. The summed E-state index contributed by atoms with van der Waals surface area (Å²) >= 11 is 0. The number of hydrogen-bond donors (Lipinski definition) is 1. The quantitative estimate of drug-likeness (QED) is 0.948. The number of nitrogens with one attached hydrogen (secondary N) is 1. The molecule has 3 rings (SSSR count). The van der Waals surface area contributed by atoms with Crippen molar-refractivity contribution in [2.75, 3.05) is 16.8 Å². The van der Waals surface area contributed by atoms with Gasteiger partial charge in [-0.3, -0.25) is 9.59 Å². The van der Waals surface area contributed by atoms with E-state index in [1.54, 1.807) is 30.0 Å². The van der Waals surface area contributed by atoms with Crippen LogP contribution in [0.25, 0.3) is 0 Å². The standard InChI is InChI=1S/C18H18N2O3/c1-3-20(13-8-5-4-6-9-13)18(22)14-10-7-11-15-16(14)23-12(2)17(21)19-15/h4-12H,3H2,1-2H3,(H,19,21). The van der Waals surface area contributed by atoms with Gasteiger partial charge in [0, 0.05) is 12.2 Å². The number of hydrogen-bond acceptors (Lipinski definition) is 3. The number of rotatable bonds is 3. The lowest BCUT2D eigenvalue weighted by atomic mass is 10.1. The van der Waals surface area contributed by atoms with E-state index >= 15 is 0 Å². The van der Waals surface area contributed by atoms with E-state index in [9.17, 15) is 9.59 Å². The fraction of sp³-hybridized carbons (Fsp3) is 0.222. The number of benzene rings is 2. The lowest BCUT2D eigenvalue weighted by Gasteiger charge is -2.27. The molecule has 0 fully saturated rings. The molecule has 1 unspecified atom stereocenters. The summed E-state index contributed by atoms with van der Waals surface area (Å²) in [6.45, 7) is 4.12. The fourth-order valence-corrected chi connectivity index (χ4v) is 2.59. The highest BCUT2D eigenvalue weighted by Crippen LogP contribution is 2.34. The fourth-order valence-electron chi connectivity index (χ4n) is 2.59. The van der Waals surface area contributed by atoms with E-state index in [4.69, 9.17) is 4.74 Å². The van der Waals surface area contributed by atoms with Gasteiger partial charge < -0.3 is 15.0 Å². The van der Waals surface area contributed by atoms with Crippen molar-refractivity contribution in [2.45, 2.75) is 20.0 Å². The summed E-state index contributed by atoms with van der Waals surface area (Å²) in [6, 6.07) is 14.7. The lowest BCUT2D eigenvalue weighted by Crippen LogP contribution is -2.37. The number of anilines is 2. The predicted molar refractivity (Wildman–Crippen MR) is 89.0 cm³/mol. The highest BCUT2D eigenvalue weighted by atomic mass is 16.5. The summed E-state index contributed by atoms with van der Waals surface area (Å²) in [5.74, 6) is 0.0652. The first kappa shape index (κ1) is 15.1. The van der Waals surface area contributed by atoms with Gasteiger partial charge >= 0.3 is 0 Å². The van der Waals surface area contributed by atoms with Gasteiger partial charge in [0.2, 0.25) is 0 Å². The van der Waals surface area contributed by atoms with Crippen LogP contribution in [0, 0.1) is 0 Å². The van der Waals surface area contributed by atoms with Crippen LogP contribution in [0.5, 0.6) is 5.75 Å². The minimum absolute atomic E-state index is 0.154. The number of para-hydroxylation sites is 2. The third-order valence-electron chi connectivity index (χ3n) is 3.80. The van der Waals surface area contributed by atoms with E-state index < -0.39 is 6.10 Å². The molecule has 2 amide bonds. The van der Waals surface area contributed by atoms with Crippen molar-refractivity contribution >= 4 is 23.2 Å². The number of amides is 2. The van der Waals surface area contributed by atoms with Crippen LogP contribution in [0.15, 0.2) is 48.5 Å². The minimum Gasteiger partial charge on any atom is -0.478 e. The molecule has 1 N–H and O–H groups in total. The molecule has 1 heterocycles.